The van der Waals surface area contributed by atoms with Gasteiger partial charge in [-0.15, -0.1) is 0 Å². The van der Waals surface area contributed by atoms with E-state index in [1.807, 2.05) is 27.7 Å². The van der Waals surface area contributed by atoms with E-state index < -0.39 is 44.2 Å². The highest BCUT2D eigenvalue weighted by atomic mass is 31.2. The van der Waals surface area contributed by atoms with E-state index in [-0.39, 0.29) is 31.5 Å². The van der Waals surface area contributed by atoms with E-state index in [9.17, 15) is 9.46 Å². The number of rotatable bonds is 10. The SMILES string of the molecule is [B][C@@H]1O[C@H](COC(C)C)C(OP(=O)([O-])OC[C@H]2O[C@@H]([B])CC2OC(C)C)[C@@H]1N. The van der Waals surface area contributed by atoms with Crippen molar-refractivity contribution >= 4 is 23.5 Å². The zero-order valence-electron chi connectivity index (χ0n) is 16.8. The second-order valence-electron chi connectivity index (χ2n) is 7.58. The third-order valence-corrected chi connectivity index (χ3v) is 5.34. The van der Waals surface area contributed by atoms with Gasteiger partial charge in [0, 0.05) is 12.0 Å². The van der Waals surface area contributed by atoms with Crippen LogP contribution in [0, 0.1) is 0 Å². The van der Waals surface area contributed by atoms with E-state index in [1.54, 1.807) is 0 Å². The molecule has 2 fully saturated rings. The molecule has 0 aliphatic carbocycles. The lowest BCUT2D eigenvalue weighted by Crippen LogP contribution is -2.44. The molecule has 2 aliphatic rings. The summed E-state index contributed by atoms with van der Waals surface area (Å²) in [4.78, 5) is 12.4. The fraction of sp³-hybridized carbons (Fsp3) is 1.00. The minimum absolute atomic E-state index is 0.0615. The Morgan fingerprint density at radius 2 is 1.82 bits per heavy atom. The Morgan fingerprint density at radius 1 is 1.14 bits per heavy atom. The average Bonchev–Trinajstić information content (AvgIpc) is 3.04. The summed E-state index contributed by atoms with van der Waals surface area (Å²) in [6.45, 7) is 7.23. The van der Waals surface area contributed by atoms with E-state index in [2.05, 4.69) is 0 Å². The van der Waals surface area contributed by atoms with E-state index in [0.717, 1.165) is 0 Å². The molecule has 8 atom stereocenters. The van der Waals surface area contributed by atoms with Crippen LogP contribution in [0.25, 0.3) is 0 Å². The van der Waals surface area contributed by atoms with E-state index >= 15 is 0 Å². The number of nitrogens with two attached hydrogens (primary N) is 1. The monoisotopic (exact) mass is 416 g/mol. The Kier molecular flexibility index (Phi) is 9.01. The minimum atomic E-state index is -4.72. The topological polar surface area (TPSA) is 122 Å². The van der Waals surface area contributed by atoms with Crippen LogP contribution in [0.2, 0.25) is 0 Å². The normalized spacial score (nSPS) is 38.4. The van der Waals surface area contributed by atoms with Crippen molar-refractivity contribution in [1.82, 2.24) is 0 Å². The van der Waals surface area contributed by atoms with Gasteiger partial charge < -0.3 is 38.6 Å². The summed E-state index contributed by atoms with van der Waals surface area (Å²) >= 11 is 0. The molecule has 4 radical (unpaired) electrons. The van der Waals surface area contributed by atoms with Crippen LogP contribution in [0.5, 0.6) is 0 Å². The summed E-state index contributed by atoms with van der Waals surface area (Å²) in [5, 5.41) is 0. The van der Waals surface area contributed by atoms with Crippen LogP contribution < -0.4 is 10.6 Å². The molecular weight excluding hydrogens is 387 g/mol. The standard InChI is InChI=1S/C16H30B2NO8P/c1-8(2)22-6-12-15(14(19)16(18)26-12)27-28(20,21)23-7-11-10(24-9(3)4)5-13(17)25-11/h8-16H,5-7,19H2,1-4H3,(H,20,21)/p-1/t10?,11-,12-,13-,14+,15?,16-/m1/s1. The lowest BCUT2D eigenvalue weighted by atomic mass is 9.91. The Bertz CT molecular complexity index is 543. The van der Waals surface area contributed by atoms with Crippen LogP contribution in [-0.4, -0.2) is 83.6 Å². The zero-order chi connectivity index (χ0) is 21.1. The first-order chi connectivity index (χ1) is 13.0. The maximum Gasteiger partial charge on any atom is 0.268 e. The fourth-order valence-electron chi connectivity index (χ4n) is 3.10. The van der Waals surface area contributed by atoms with Crippen LogP contribution in [0.1, 0.15) is 34.1 Å². The molecule has 2 aliphatic heterocycles. The Morgan fingerprint density at radius 3 is 2.43 bits per heavy atom. The van der Waals surface area contributed by atoms with Gasteiger partial charge in [0.2, 0.25) is 0 Å². The van der Waals surface area contributed by atoms with Gasteiger partial charge in [0.05, 0.1) is 37.6 Å². The fourth-order valence-corrected chi connectivity index (χ4v) is 4.06. The highest BCUT2D eigenvalue weighted by molar-refractivity contribution is 7.45. The zero-order valence-corrected chi connectivity index (χ0v) is 17.7. The Balaban J connectivity index is 1.93. The van der Waals surface area contributed by atoms with Gasteiger partial charge in [-0.05, 0) is 34.1 Å². The van der Waals surface area contributed by atoms with Gasteiger partial charge in [-0.1, -0.05) is 0 Å². The van der Waals surface area contributed by atoms with E-state index in [4.69, 9.17) is 49.4 Å². The Hall–Kier alpha value is 0.0399. The second-order valence-corrected chi connectivity index (χ2v) is 8.95. The summed E-state index contributed by atoms with van der Waals surface area (Å²) < 4.78 is 44.7. The van der Waals surface area contributed by atoms with Gasteiger partial charge in [0.25, 0.3) is 7.82 Å². The molecule has 0 aromatic heterocycles. The van der Waals surface area contributed by atoms with Crippen LogP contribution in [-0.2, 0) is 32.6 Å². The second kappa shape index (κ2) is 10.4. The molecule has 0 aromatic carbocycles. The molecule has 158 valence electrons. The number of phosphoric ester groups is 1. The van der Waals surface area contributed by atoms with Crippen LogP contribution >= 0.6 is 7.82 Å². The summed E-state index contributed by atoms with van der Waals surface area (Å²) in [6, 6.07) is -2.26. The molecule has 0 aromatic rings. The highest BCUT2D eigenvalue weighted by Gasteiger charge is 2.43. The first-order valence-corrected chi connectivity index (χ1v) is 10.9. The van der Waals surface area contributed by atoms with Crippen LogP contribution in [0.4, 0.5) is 0 Å². The quantitative estimate of drug-likeness (QED) is 0.374. The lowest BCUT2D eigenvalue weighted by Gasteiger charge is -2.31. The number of ether oxygens (including phenoxy) is 4. The number of phosphoric acid groups is 1. The van der Waals surface area contributed by atoms with Crippen molar-refractivity contribution in [2.75, 3.05) is 13.2 Å². The third kappa shape index (κ3) is 7.07. The van der Waals surface area contributed by atoms with E-state index in [0.29, 0.717) is 6.42 Å². The first-order valence-electron chi connectivity index (χ1n) is 9.47. The van der Waals surface area contributed by atoms with Gasteiger partial charge in [-0.25, -0.2) is 0 Å². The summed E-state index contributed by atoms with van der Waals surface area (Å²) in [6.07, 6.45) is -2.44. The Labute approximate surface area is 169 Å². The third-order valence-electron chi connectivity index (χ3n) is 4.37. The van der Waals surface area contributed by atoms with Crippen molar-refractivity contribution in [2.24, 2.45) is 5.73 Å². The molecule has 28 heavy (non-hydrogen) atoms. The van der Waals surface area contributed by atoms with Crippen molar-refractivity contribution in [3.8, 4) is 0 Å². The molecule has 9 nitrogen and oxygen atoms in total. The summed E-state index contributed by atoms with van der Waals surface area (Å²) in [5.41, 5.74) is 5.93. The van der Waals surface area contributed by atoms with Gasteiger partial charge in [0.1, 0.15) is 34.0 Å². The van der Waals surface area contributed by atoms with Gasteiger partial charge in [-0.3, -0.25) is 4.57 Å². The van der Waals surface area contributed by atoms with Gasteiger partial charge in [-0.2, -0.15) is 0 Å². The predicted octanol–water partition coefficient (Wildman–Crippen LogP) is -0.421. The maximum absolute atomic E-state index is 12.4. The molecule has 2 heterocycles. The molecule has 2 rings (SSSR count). The molecule has 0 bridgehead atoms. The van der Waals surface area contributed by atoms with Gasteiger partial charge >= 0.3 is 0 Å². The van der Waals surface area contributed by atoms with Crippen molar-refractivity contribution in [3.05, 3.63) is 0 Å². The van der Waals surface area contributed by atoms with Crippen molar-refractivity contribution in [2.45, 2.75) is 88.8 Å². The number of hydrogen-bond donors (Lipinski definition) is 1. The van der Waals surface area contributed by atoms with Crippen LogP contribution in [0.15, 0.2) is 0 Å². The minimum Gasteiger partial charge on any atom is -0.756 e. The molecule has 0 amide bonds. The molecule has 0 saturated carbocycles. The molecule has 2 N–H and O–H groups in total. The van der Waals surface area contributed by atoms with Crippen molar-refractivity contribution < 1.29 is 37.5 Å². The molecule has 3 unspecified atom stereocenters. The largest absolute Gasteiger partial charge is 0.756 e. The maximum atomic E-state index is 12.4. The molecule has 12 heteroatoms. The van der Waals surface area contributed by atoms with Crippen LogP contribution in [0.3, 0.4) is 0 Å². The lowest BCUT2D eigenvalue weighted by molar-refractivity contribution is -0.234. The van der Waals surface area contributed by atoms with Gasteiger partial charge in [0.15, 0.2) is 0 Å². The summed E-state index contributed by atoms with van der Waals surface area (Å²) in [7, 11) is 6.83. The van der Waals surface area contributed by atoms with Crippen molar-refractivity contribution in [3.63, 3.8) is 0 Å². The molecular formula is C16H29B2NO8P-. The summed E-state index contributed by atoms with van der Waals surface area (Å²) in [5.74, 6) is 0. The van der Waals surface area contributed by atoms with E-state index in [1.165, 1.54) is 0 Å². The first kappa shape index (κ1) is 24.3. The number of hydrogen-bond acceptors (Lipinski definition) is 9. The smallest absolute Gasteiger partial charge is 0.268 e. The highest BCUT2D eigenvalue weighted by Crippen LogP contribution is 2.43. The predicted molar refractivity (Wildman–Crippen MR) is 101 cm³/mol. The van der Waals surface area contributed by atoms with Crippen molar-refractivity contribution in [1.29, 1.82) is 0 Å². The average molecular weight is 416 g/mol. The molecule has 0 spiro atoms. The molecule has 2 saturated heterocycles.